The summed E-state index contributed by atoms with van der Waals surface area (Å²) in [6.45, 7) is 3.36. The summed E-state index contributed by atoms with van der Waals surface area (Å²) in [5.74, 6) is -0.0186. The molecule has 0 atom stereocenters. The van der Waals surface area contributed by atoms with Gasteiger partial charge in [-0.25, -0.2) is 0 Å². The summed E-state index contributed by atoms with van der Waals surface area (Å²) in [7, 11) is 0. The van der Waals surface area contributed by atoms with Crippen LogP contribution in [0.5, 0.6) is 0 Å². The van der Waals surface area contributed by atoms with E-state index in [0.29, 0.717) is 42.8 Å². The molecule has 0 saturated carbocycles. The smallest absolute Gasteiger partial charge is 0.357 e. The summed E-state index contributed by atoms with van der Waals surface area (Å²) in [4.78, 5) is 40.4. The number of nitro groups is 1. The first-order chi connectivity index (χ1) is 11.0. The van der Waals surface area contributed by atoms with Crippen LogP contribution >= 0.6 is 0 Å². The second-order valence-electron chi connectivity index (χ2n) is 5.45. The van der Waals surface area contributed by atoms with Gasteiger partial charge in [0.25, 0.3) is 0 Å². The Balaban J connectivity index is 2.12. The average molecular weight is 316 g/mol. The van der Waals surface area contributed by atoms with E-state index in [4.69, 9.17) is 0 Å². The highest BCUT2D eigenvalue weighted by Crippen LogP contribution is 2.32. The number of aromatic amines is 1. The Hall–Kier alpha value is -2.90. The van der Waals surface area contributed by atoms with Crippen LogP contribution in [0, 0.1) is 10.1 Å². The number of nitrogens with zero attached hydrogens (tertiary/aromatic N) is 3. The number of amides is 1. The number of aromatic nitrogens is 1. The maximum Gasteiger partial charge on any atom is 0.357 e. The van der Waals surface area contributed by atoms with Crippen molar-refractivity contribution in [3.8, 4) is 0 Å². The summed E-state index contributed by atoms with van der Waals surface area (Å²) in [6.07, 6.45) is 0. The summed E-state index contributed by atoms with van der Waals surface area (Å²) in [6, 6.07) is 7.02. The third-order valence-corrected chi connectivity index (χ3v) is 4.09. The van der Waals surface area contributed by atoms with E-state index in [1.807, 2.05) is 4.90 Å². The SMILES string of the molecule is CC(=O)N1CCN(c2c([N+](=O)[O-])c(=O)[nH]c3ccccc23)CC1. The number of para-hydroxylation sites is 1. The summed E-state index contributed by atoms with van der Waals surface area (Å²) >= 11 is 0. The summed E-state index contributed by atoms with van der Waals surface area (Å²) in [5, 5.41) is 12.0. The summed E-state index contributed by atoms with van der Waals surface area (Å²) < 4.78 is 0. The highest BCUT2D eigenvalue weighted by atomic mass is 16.6. The van der Waals surface area contributed by atoms with Crippen molar-refractivity contribution >= 4 is 28.2 Å². The van der Waals surface area contributed by atoms with Crippen LogP contribution in [0.3, 0.4) is 0 Å². The number of fused-ring (bicyclic) bond motifs is 1. The van der Waals surface area contributed by atoms with Crippen LogP contribution in [-0.4, -0.2) is 46.9 Å². The van der Waals surface area contributed by atoms with Gasteiger partial charge < -0.3 is 14.8 Å². The molecule has 1 N–H and O–H groups in total. The fraction of sp³-hybridized carbons (Fsp3) is 0.333. The Kier molecular flexibility index (Phi) is 3.73. The zero-order valence-corrected chi connectivity index (χ0v) is 12.6. The maximum atomic E-state index is 12.1. The molecule has 0 bridgehead atoms. The van der Waals surface area contributed by atoms with Crippen molar-refractivity contribution in [1.82, 2.24) is 9.88 Å². The van der Waals surface area contributed by atoms with E-state index in [1.54, 1.807) is 29.2 Å². The van der Waals surface area contributed by atoms with Gasteiger partial charge in [0.1, 0.15) is 5.69 Å². The van der Waals surface area contributed by atoms with Crippen LogP contribution in [0.15, 0.2) is 29.1 Å². The molecule has 2 aromatic rings. The van der Waals surface area contributed by atoms with E-state index in [1.165, 1.54) is 6.92 Å². The van der Waals surface area contributed by atoms with Crippen LogP contribution in [-0.2, 0) is 4.79 Å². The number of nitrogens with one attached hydrogen (secondary N) is 1. The Morgan fingerprint density at radius 2 is 1.87 bits per heavy atom. The first kappa shape index (κ1) is 15.0. The van der Waals surface area contributed by atoms with E-state index in [0.717, 1.165) is 0 Å². The van der Waals surface area contributed by atoms with Gasteiger partial charge >= 0.3 is 11.2 Å². The molecule has 120 valence electrons. The third-order valence-electron chi connectivity index (χ3n) is 4.09. The molecule has 1 saturated heterocycles. The highest BCUT2D eigenvalue weighted by Gasteiger charge is 2.29. The molecule has 8 nitrogen and oxygen atoms in total. The quantitative estimate of drug-likeness (QED) is 0.661. The molecular weight excluding hydrogens is 300 g/mol. The minimum atomic E-state index is -0.710. The van der Waals surface area contributed by atoms with Gasteiger partial charge in [-0.1, -0.05) is 18.2 Å². The normalized spacial score (nSPS) is 15.0. The Bertz CT molecular complexity index is 837. The number of anilines is 1. The number of rotatable bonds is 2. The van der Waals surface area contributed by atoms with Crippen LogP contribution in [0.2, 0.25) is 0 Å². The van der Waals surface area contributed by atoms with E-state index >= 15 is 0 Å². The zero-order chi connectivity index (χ0) is 16.6. The largest absolute Gasteiger partial charge is 0.362 e. The second kappa shape index (κ2) is 5.71. The van der Waals surface area contributed by atoms with Crippen molar-refractivity contribution in [3.05, 3.63) is 44.7 Å². The lowest BCUT2D eigenvalue weighted by Crippen LogP contribution is -2.48. The lowest BCUT2D eigenvalue weighted by Gasteiger charge is -2.35. The molecule has 8 heteroatoms. The van der Waals surface area contributed by atoms with Crippen molar-refractivity contribution in [1.29, 1.82) is 0 Å². The highest BCUT2D eigenvalue weighted by molar-refractivity contribution is 5.96. The Morgan fingerprint density at radius 3 is 2.48 bits per heavy atom. The van der Waals surface area contributed by atoms with Gasteiger partial charge in [-0.05, 0) is 6.07 Å². The van der Waals surface area contributed by atoms with E-state index < -0.39 is 16.2 Å². The molecule has 1 aliphatic rings. The minimum Gasteiger partial charge on any atom is -0.362 e. The predicted molar refractivity (Wildman–Crippen MR) is 85.7 cm³/mol. The molecule has 3 rings (SSSR count). The van der Waals surface area contributed by atoms with Crippen molar-refractivity contribution in [2.45, 2.75) is 6.92 Å². The number of benzene rings is 1. The van der Waals surface area contributed by atoms with Gasteiger partial charge in [0.15, 0.2) is 0 Å². The van der Waals surface area contributed by atoms with Gasteiger partial charge in [0, 0.05) is 38.5 Å². The van der Waals surface area contributed by atoms with Gasteiger partial charge in [-0.3, -0.25) is 19.7 Å². The van der Waals surface area contributed by atoms with Gasteiger partial charge in [-0.15, -0.1) is 0 Å². The number of H-pyrrole nitrogens is 1. The third kappa shape index (κ3) is 2.63. The van der Waals surface area contributed by atoms with Crippen molar-refractivity contribution in [3.63, 3.8) is 0 Å². The molecule has 23 heavy (non-hydrogen) atoms. The van der Waals surface area contributed by atoms with Crippen LogP contribution in [0.4, 0.5) is 11.4 Å². The molecule has 0 spiro atoms. The van der Waals surface area contributed by atoms with Crippen LogP contribution in [0.25, 0.3) is 10.9 Å². The number of carbonyl (C=O) groups is 1. The van der Waals surface area contributed by atoms with Gasteiger partial charge in [-0.2, -0.15) is 0 Å². The molecule has 0 radical (unpaired) electrons. The molecule has 0 unspecified atom stereocenters. The fourth-order valence-electron chi connectivity index (χ4n) is 2.95. The van der Waals surface area contributed by atoms with Crippen molar-refractivity contribution in [2.75, 3.05) is 31.1 Å². The number of pyridine rings is 1. The molecule has 1 aromatic heterocycles. The molecule has 1 fully saturated rings. The van der Waals surface area contributed by atoms with Crippen LogP contribution < -0.4 is 10.5 Å². The van der Waals surface area contributed by atoms with Gasteiger partial charge in [0.05, 0.1) is 10.4 Å². The maximum absolute atomic E-state index is 12.1. The van der Waals surface area contributed by atoms with E-state index in [9.17, 15) is 19.7 Å². The topological polar surface area (TPSA) is 99.5 Å². The van der Waals surface area contributed by atoms with Crippen molar-refractivity contribution < 1.29 is 9.72 Å². The van der Waals surface area contributed by atoms with Gasteiger partial charge in [0.2, 0.25) is 5.91 Å². The fourth-order valence-corrected chi connectivity index (χ4v) is 2.95. The minimum absolute atomic E-state index is 0.0186. The van der Waals surface area contributed by atoms with Crippen molar-refractivity contribution in [2.24, 2.45) is 0 Å². The summed E-state index contributed by atoms with van der Waals surface area (Å²) in [5.41, 5.74) is -0.262. The lowest BCUT2D eigenvalue weighted by atomic mass is 10.1. The first-order valence-electron chi connectivity index (χ1n) is 7.29. The molecule has 2 heterocycles. The first-order valence-corrected chi connectivity index (χ1v) is 7.29. The Labute approximate surface area is 131 Å². The second-order valence-corrected chi connectivity index (χ2v) is 5.45. The number of hydrogen-bond acceptors (Lipinski definition) is 5. The van der Waals surface area contributed by atoms with Crippen LogP contribution in [0.1, 0.15) is 6.92 Å². The molecular formula is C15H16N4O4. The van der Waals surface area contributed by atoms with E-state index in [2.05, 4.69) is 4.98 Å². The monoisotopic (exact) mass is 316 g/mol. The molecule has 1 aromatic carbocycles. The average Bonchev–Trinajstić information content (AvgIpc) is 2.53. The zero-order valence-electron chi connectivity index (χ0n) is 12.6. The number of hydrogen-bond donors (Lipinski definition) is 1. The Morgan fingerprint density at radius 1 is 1.22 bits per heavy atom. The molecule has 0 aliphatic carbocycles. The predicted octanol–water partition coefficient (Wildman–Crippen LogP) is 1.10. The molecule has 1 amide bonds. The lowest BCUT2D eigenvalue weighted by molar-refractivity contribution is -0.385. The molecule has 1 aliphatic heterocycles. The standard InChI is InChI=1S/C15H16N4O4/c1-10(20)17-6-8-18(9-7-17)13-11-4-2-3-5-12(11)16-15(21)14(13)19(22)23/h2-5H,6-9H2,1H3,(H,16,21). The number of carbonyl (C=O) groups excluding carboxylic acids is 1. The number of piperazine rings is 1. The van der Waals surface area contributed by atoms with E-state index in [-0.39, 0.29) is 5.91 Å².